The standard InChI is InChI=1S/C12H13ClN2O3S/c1-14(2)7-11-12(16)15(8-19(11,17)18)10-5-3-9(13)4-6-10/h3-8H,1-2H3,(H,17,18)/b11-7+. The molecule has 1 aromatic rings. The zero-order valence-electron chi connectivity index (χ0n) is 10.4. The molecule has 0 bridgehead atoms. The van der Waals surface area contributed by atoms with Gasteiger partial charge in [-0.2, -0.15) is 0 Å². The molecule has 0 fully saturated rings. The first-order valence-corrected chi connectivity index (χ1v) is 7.36. The van der Waals surface area contributed by atoms with Gasteiger partial charge < -0.3 is 9.45 Å². The van der Waals surface area contributed by atoms with Gasteiger partial charge >= 0.3 is 0 Å². The highest BCUT2D eigenvalue weighted by Crippen LogP contribution is 2.25. The Morgan fingerprint density at radius 3 is 2.42 bits per heavy atom. The minimum absolute atomic E-state index is 0.132. The van der Waals surface area contributed by atoms with Crippen molar-refractivity contribution in [2.24, 2.45) is 0 Å². The fraction of sp³-hybridized carbons (Fsp3) is 0.167. The first-order valence-electron chi connectivity index (χ1n) is 5.40. The van der Waals surface area contributed by atoms with Gasteiger partial charge in [0.25, 0.3) is 5.91 Å². The maximum absolute atomic E-state index is 12.2. The molecular weight excluding hydrogens is 288 g/mol. The Morgan fingerprint density at radius 1 is 1.32 bits per heavy atom. The molecule has 19 heavy (non-hydrogen) atoms. The molecule has 1 atom stereocenters. The summed E-state index contributed by atoms with van der Waals surface area (Å²) in [4.78, 5) is 14.8. The summed E-state index contributed by atoms with van der Waals surface area (Å²) in [5.41, 5.74) is 1.53. The van der Waals surface area contributed by atoms with E-state index in [-0.39, 0.29) is 4.91 Å². The average molecular weight is 301 g/mol. The van der Waals surface area contributed by atoms with Crippen LogP contribution in [0.15, 0.2) is 35.4 Å². The van der Waals surface area contributed by atoms with Crippen LogP contribution in [0.1, 0.15) is 0 Å². The largest absolute Gasteiger partial charge is 0.382 e. The van der Waals surface area contributed by atoms with Gasteiger partial charge in [-0.05, 0) is 24.3 Å². The molecule has 0 aromatic heterocycles. The minimum Gasteiger partial charge on any atom is -0.382 e. The Labute approximate surface area is 116 Å². The molecule has 0 spiro atoms. The minimum atomic E-state index is -3.45. The van der Waals surface area contributed by atoms with Gasteiger partial charge in [-0.25, -0.2) is 4.21 Å². The average Bonchev–Trinajstić information content (AvgIpc) is 2.53. The predicted octanol–water partition coefficient (Wildman–Crippen LogP) is 1.61. The van der Waals surface area contributed by atoms with Crippen LogP contribution in [-0.4, -0.2) is 39.2 Å². The number of nitrogens with zero attached hydrogens (tertiary/aromatic N) is 2. The van der Waals surface area contributed by atoms with E-state index in [4.69, 9.17) is 11.6 Å². The van der Waals surface area contributed by atoms with Gasteiger partial charge in [0.1, 0.15) is 14.7 Å². The number of anilines is 1. The summed E-state index contributed by atoms with van der Waals surface area (Å²) >= 11 is 5.77. The molecule has 1 amide bonds. The van der Waals surface area contributed by atoms with E-state index in [0.717, 1.165) is 10.4 Å². The normalized spacial score (nSPS) is 24.7. The van der Waals surface area contributed by atoms with E-state index >= 15 is 0 Å². The van der Waals surface area contributed by atoms with Crippen LogP contribution in [0.4, 0.5) is 5.69 Å². The monoisotopic (exact) mass is 300 g/mol. The molecule has 5 nitrogen and oxygen atoms in total. The smallest absolute Gasteiger partial charge is 0.275 e. The van der Waals surface area contributed by atoms with E-state index in [0.29, 0.717) is 10.7 Å². The molecule has 1 heterocycles. The summed E-state index contributed by atoms with van der Waals surface area (Å²) in [5, 5.41) is 0.532. The Bertz CT molecular complexity index is 658. The number of rotatable bonds is 2. The van der Waals surface area contributed by atoms with Crippen molar-refractivity contribution in [2.75, 3.05) is 19.0 Å². The van der Waals surface area contributed by atoms with Gasteiger partial charge in [0.2, 0.25) is 0 Å². The molecular formula is C12H13ClN2O3S. The Balaban J connectivity index is 2.47. The number of carbonyl (C=O) groups is 1. The van der Waals surface area contributed by atoms with Gasteiger partial charge in [-0.15, -0.1) is 0 Å². The van der Waals surface area contributed by atoms with Crippen LogP contribution in [0, 0.1) is 0 Å². The number of halogens is 1. The van der Waals surface area contributed by atoms with E-state index in [1.165, 1.54) is 6.20 Å². The first kappa shape index (κ1) is 13.9. The van der Waals surface area contributed by atoms with Crippen molar-refractivity contribution in [3.8, 4) is 0 Å². The molecule has 7 heteroatoms. The topological polar surface area (TPSA) is 60.9 Å². The number of hydrogen-bond donors (Lipinski definition) is 1. The van der Waals surface area contributed by atoms with Crippen LogP contribution in [0.2, 0.25) is 5.02 Å². The van der Waals surface area contributed by atoms with E-state index in [1.807, 2.05) is 0 Å². The third-order valence-corrected chi connectivity index (χ3v) is 4.13. The Morgan fingerprint density at radius 2 is 1.89 bits per heavy atom. The molecule has 0 saturated carbocycles. The predicted molar refractivity (Wildman–Crippen MR) is 77.5 cm³/mol. The lowest BCUT2D eigenvalue weighted by atomic mass is 10.3. The second-order valence-electron chi connectivity index (χ2n) is 4.28. The van der Waals surface area contributed by atoms with Gasteiger partial charge in [0, 0.05) is 31.0 Å². The van der Waals surface area contributed by atoms with Crippen LogP contribution >= 0.6 is 11.6 Å². The number of benzene rings is 1. The highest BCUT2D eigenvalue weighted by molar-refractivity contribution is 8.01. The van der Waals surface area contributed by atoms with Crippen molar-refractivity contribution in [1.29, 1.82) is 0 Å². The molecule has 1 N–H and O–H groups in total. The summed E-state index contributed by atoms with van der Waals surface area (Å²) in [6, 6.07) is 6.46. The molecule has 1 unspecified atom stereocenters. The quantitative estimate of drug-likeness (QED) is 0.666. The fourth-order valence-corrected chi connectivity index (χ4v) is 3.09. The summed E-state index contributed by atoms with van der Waals surface area (Å²) in [7, 11) is -0.0883. The number of carbonyl (C=O) groups excluding carboxylic acids is 1. The summed E-state index contributed by atoms with van der Waals surface area (Å²) in [5.74, 6) is -0.511. The van der Waals surface area contributed by atoms with Gasteiger partial charge in [-0.3, -0.25) is 9.69 Å². The van der Waals surface area contributed by atoms with Crippen LogP contribution in [0.25, 0.3) is 0 Å². The Kier molecular flexibility index (Phi) is 3.58. The second-order valence-corrected chi connectivity index (χ2v) is 6.51. The molecule has 1 aliphatic rings. The lowest BCUT2D eigenvalue weighted by Crippen LogP contribution is -2.25. The third kappa shape index (κ3) is 2.75. The molecule has 0 radical (unpaired) electrons. The highest BCUT2D eigenvalue weighted by atomic mass is 35.5. The van der Waals surface area contributed by atoms with Crippen molar-refractivity contribution in [3.05, 3.63) is 40.4 Å². The first-order chi connectivity index (χ1) is 8.81. The van der Waals surface area contributed by atoms with Gasteiger partial charge in [0.15, 0.2) is 0 Å². The summed E-state index contributed by atoms with van der Waals surface area (Å²) < 4.78 is 21.9. The van der Waals surface area contributed by atoms with Crippen LogP contribution < -0.4 is 4.90 Å². The third-order valence-electron chi connectivity index (χ3n) is 2.47. The molecule has 0 aliphatic carbocycles. The molecule has 2 rings (SSSR count). The maximum atomic E-state index is 12.2. The van der Waals surface area contributed by atoms with Crippen LogP contribution in [0.3, 0.4) is 0 Å². The van der Waals surface area contributed by atoms with E-state index in [9.17, 15) is 13.6 Å². The van der Waals surface area contributed by atoms with E-state index in [1.54, 1.807) is 43.3 Å². The van der Waals surface area contributed by atoms with Gasteiger partial charge in [0.05, 0.1) is 5.49 Å². The zero-order valence-corrected chi connectivity index (χ0v) is 12.0. The summed E-state index contributed by atoms with van der Waals surface area (Å²) in [6.45, 7) is 0. The van der Waals surface area contributed by atoms with E-state index < -0.39 is 15.7 Å². The molecule has 1 aromatic carbocycles. The van der Waals surface area contributed by atoms with Crippen molar-refractivity contribution >= 4 is 38.5 Å². The van der Waals surface area contributed by atoms with Crippen LogP contribution in [-0.2, 0) is 14.6 Å². The van der Waals surface area contributed by atoms with Crippen molar-refractivity contribution < 1.29 is 13.6 Å². The highest BCUT2D eigenvalue weighted by Gasteiger charge is 2.33. The van der Waals surface area contributed by atoms with Crippen LogP contribution in [0.5, 0.6) is 0 Å². The SMILES string of the molecule is CN(C)/C=C1\C(=O)N(c2ccc(Cl)cc2)C=S1(=O)O. The second kappa shape index (κ2) is 4.88. The molecule has 0 saturated heterocycles. The lowest BCUT2D eigenvalue weighted by molar-refractivity contribution is -0.113. The maximum Gasteiger partial charge on any atom is 0.275 e. The van der Waals surface area contributed by atoms with E-state index in [2.05, 4.69) is 0 Å². The van der Waals surface area contributed by atoms with Crippen molar-refractivity contribution in [2.45, 2.75) is 0 Å². The fourth-order valence-electron chi connectivity index (χ4n) is 1.64. The summed E-state index contributed by atoms with van der Waals surface area (Å²) in [6.07, 6.45) is 1.36. The number of hydrogen-bond acceptors (Lipinski definition) is 3. The van der Waals surface area contributed by atoms with Gasteiger partial charge in [-0.1, -0.05) is 11.6 Å². The number of amides is 1. The zero-order chi connectivity index (χ0) is 14.2. The molecule has 1 aliphatic heterocycles. The lowest BCUT2D eigenvalue weighted by Gasteiger charge is -2.13. The molecule has 102 valence electrons. The van der Waals surface area contributed by atoms with Crippen molar-refractivity contribution in [3.63, 3.8) is 0 Å². The Hall–Kier alpha value is -1.50. The van der Waals surface area contributed by atoms with Crippen molar-refractivity contribution in [1.82, 2.24) is 4.90 Å².